The van der Waals surface area contributed by atoms with Gasteiger partial charge in [0.1, 0.15) is 5.65 Å². The number of hydrogen-bond donors (Lipinski definition) is 1. The normalized spacial score (nSPS) is 12.0. The van der Waals surface area contributed by atoms with Crippen LogP contribution in [0.15, 0.2) is 34.3 Å². The summed E-state index contributed by atoms with van der Waals surface area (Å²) in [6, 6.07) is 5.32. The molecule has 0 saturated heterocycles. The highest BCUT2D eigenvalue weighted by molar-refractivity contribution is 7.98. The monoisotopic (exact) mass is 344 g/mol. The van der Waals surface area contributed by atoms with Gasteiger partial charge < -0.3 is 5.84 Å². The fourth-order valence-electron chi connectivity index (χ4n) is 2.41. The first-order chi connectivity index (χ1) is 11.3. The maximum Gasteiger partial charge on any atom is 0.258 e. The molecule has 0 unspecified atom stereocenters. The summed E-state index contributed by atoms with van der Waals surface area (Å²) >= 11 is 1.41. The Hall–Kier alpha value is -2.35. The fourth-order valence-corrected chi connectivity index (χ4v) is 3.16. The summed E-state index contributed by atoms with van der Waals surface area (Å²) in [4.78, 5) is 16.8. The van der Waals surface area contributed by atoms with E-state index >= 15 is 0 Å². The third kappa shape index (κ3) is 3.01. The predicted molar refractivity (Wildman–Crippen MR) is 94.6 cm³/mol. The molecule has 0 aliphatic carbocycles. The lowest BCUT2D eigenvalue weighted by Gasteiger charge is -2.16. The Morgan fingerprint density at radius 3 is 2.71 bits per heavy atom. The number of nitrogens with zero attached hydrogens (tertiary/aromatic N) is 5. The molecule has 0 aliphatic heterocycles. The molecule has 0 aromatic carbocycles. The molecule has 0 radical (unpaired) electrons. The van der Waals surface area contributed by atoms with Gasteiger partial charge in [0.2, 0.25) is 5.16 Å². The van der Waals surface area contributed by atoms with Gasteiger partial charge in [-0.05, 0) is 18.6 Å². The van der Waals surface area contributed by atoms with Gasteiger partial charge in [-0.1, -0.05) is 38.6 Å². The maximum absolute atomic E-state index is 12.2. The Morgan fingerprint density at radius 1 is 1.29 bits per heavy atom. The maximum atomic E-state index is 12.2. The second-order valence-electron chi connectivity index (χ2n) is 6.69. The van der Waals surface area contributed by atoms with Crippen LogP contribution in [0.3, 0.4) is 0 Å². The molecular weight excluding hydrogens is 324 g/mol. The SMILES string of the molecule is Cc1cccn2c(=O)cc(CSc3nnc(C(C)(C)C)n3N)nc12. The minimum Gasteiger partial charge on any atom is -0.336 e. The van der Waals surface area contributed by atoms with Gasteiger partial charge in [-0.2, -0.15) is 0 Å². The fraction of sp³-hybridized carbons (Fsp3) is 0.375. The number of aromatic nitrogens is 5. The van der Waals surface area contributed by atoms with E-state index in [4.69, 9.17) is 5.84 Å². The van der Waals surface area contributed by atoms with Crippen molar-refractivity contribution in [2.45, 2.75) is 44.0 Å². The molecule has 24 heavy (non-hydrogen) atoms. The van der Waals surface area contributed by atoms with Gasteiger partial charge in [0.15, 0.2) is 5.82 Å². The number of rotatable bonds is 3. The van der Waals surface area contributed by atoms with Crippen molar-refractivity contribution < 1.29 is 0 Å². The van der Waals surface area contributed by atoms with Crippen LogP contribution in [0.4, 0.5) is 0 Å². The Labute approximate surface area is 143 Å². The summed E-state index contributed by atoms with van der Waals surface area (Å²) < 4.78 is 3.05. The molecule has 0 aliphatic rings. The Bertz CT molecular complexity index is 953. The zero-order valence-electron chi connectivity index (χ0n) is 14.1. The third-order valence-corrected chi connectivity index (χ3v) is 4.60. The Balaban J connectivity index is 1.88. The van der Waals surface area contributed by atoms with Crippen LogP contribution in [0.5, 0.6) is 0 Å². The second kappa shape index (κ2) is 5.94. The molecule has 2 N–H and O–H groups in total. The highest BCUT2D eigenvalue weighted by Gasteiger charge is 2.23. The molecule has 0 spiro atoms. The highest BCUT2D eigenvalue weighted by Crippen LogP contribution is 2.24. The van der Waals surface area contributed by atoms with Gasteiger partial charge in [-0.25, -0.2) is 9.66 Å². The highest BCUT2D eigenvalue weighted by atomic mass is 32.2. The molecule has 0 atom stereocenters. The van der Waals surface area contributed by atoms with Crippen molar-refractivity contribution in [2.24, 2.45) is 0 Å². The van der Waals surface area contributed by atoms with E-state index in [1.165, 1.54) is 16.4 Å². The quantitative estimate of drug-likeness (QED) is 0.576. The minimum atomic E-state index is -0.183. The summed E-state index contributed by atoms with van der Waals surface area (Å²) in [6.45, 7) is 8.03. The summed E-state index contributed by atoms with van der Waals surface area (Å²) in [6.07, 6.45) is 1.72. The molecular formula is C16H20N6OS. The van der Waals surface area contributed by atoms with Crippen LogP contribution in [0, 0.1) is 6.92 Å². The van der Waals surface area contributed by atoms with Crippen LogP contribution >= 0.6 is 11.8 Å². The van der Waals surface area contributed by atoms with E-state index in [2.05, 4.69) is 15.2 Å². The van der Waals surface area contributed by atoms with Gasteiger partial charge in [-0.15, -0.1) is 10.2 Å². The van der Waals surface area contributed by atoms with Gasteiger partial charge in [0, 0.05) is 23.4 Å². The van der Waals surface area contributed by atoms with Crippen LogP contribution in [-0.4, -0.2) is 24.3 Å². The molecule has 126 valence electrons. The molecule has 0 fully saturated rings. The van der Waals surface area contributed by atoms with E-state index in [-0.39, 0.29) is 11.0 Å². The van der Waals surface area contributed by atoms with E-state index in [0.717, 1.165) is 5.56 Å². The third-order valence-electron chi connectivity index (χ3n) is 3.62. The molecule has 3 aromatic rings. The topological polar surface area (TPSA) is 91.1 Å². The van der Waals surface area contributed by atoms with Gasteiger partial charge >= 0.3 is 0 Å². The van der Waals surface area contributed by atoms with Crippen molar-refractivity contribution in [3.8, 4) is 0 Å². The van der Waals surface area contributed by atoms with Crippen molar-refractivity contribution in [2.75, 3.05) is 5.84 Å². The van der Waals surface area contributed by atoms with E-state index in [9.17, 15) is 4.79 Å². The number of aryl methyl sites for hydroxylation is 1. The zero-order chi connectivity index (χ0) is 17.5. The molecule has 0 amide bonds. The van der Waals surface area contributed by atoms with E-state index in [1.807, 2.05) is 39.8 Å². The lowest BCUT2D eigenvalue weighted by molar-refractivity contribution is 0.523. The molecule has 7 nitrogen and oxygen atoms in total. The van der Waals surface area contributed by atoms with Crippen LogP contribution in [0.2, 0.25) is 0 Å². The lowest BCUT2D eigenvalue weighted by atomic mass is 9.96. The summed E-state index contributed by atoms with van der Waals surface area (Å²) in [5, 5.41) is 8.90. The number of nitrogens with two attached hydrogens (primary N) is 1. The van der Waals surface area contributed by atoms with E-state index < -0.39 is 0 Å². The Kier molecular flexibility index (Phi) is 4.08. The van der Waals surface area contributed by atoms with Crippen LogP contribution in [-0.2, 0) is 11.2 Å². The smallest absolute Gasteiger partial charge is 0.258 e. The van der Waals surface area contributed by atoms with Crippen LogP contribution in [0.1, 0.15) is 37.9 Å². The van der Waals surface area contributed by atoms with Crippen LogP contribution in [0.25, 0.3) is 5.65 Å². The van der Waals surface area contributed by atoms with Gasteiger partial charge in [0.25, 0.3) is 5.56 Å². The molecule has 8 heteroatoms. The first kappa shape index (κ1) is 16.5. The average molecular weight is 344 g/mol. The van der Waals surface area contributed by atoms with Crippen molar-refractivity contribution in [3.63, 3.8) is 0 Å². The standard InChI is InChI=1S/C16H20N6OS/c1-10-6-5-7-21-12(23)8-11(18-13(10)21)9-24-15-20-19-14(22(15)17)16(2,3)4/h5-8H,9,17H2,1-4H3. The number of pyridine rings is 1. The number of thioether (sulfide) groups is 1. The van der Waals surface area contributed by atoms with Crippen molar-refractivity contribution in [1.29, 1.82) is 0 Å². The summed E-state index contributed by atoms with van der Waals surface area (Å²) in [7, 11) is 0. The zero-order valence-corrected chi connectivity index (χ0v) is 15.0. The first-order valence-corrected chi connectivity index (χ1v) is 8.57. The van der Waals surface area contributed by atoms with Crippen molar-refractivity contribution >= 4 is 17.4 Å². The molecule has 3 rings (SSSR count). The average Bonchev–Trinajstić information content (AvgIpc) is 2.87. The van der Waals surface area contributed by atoms with E-state index in [1.54, 1.807) is 16.7 Å². The molecule has 3 aromatic heterocycles. The van der Waals surface area contributed by atoms with E-state index in [0.29, 0.717) is 28.1 Å². The summed E-state index contributed by atoms with van der Waals surface area (Å²) in [5.74, 6) is 7.30. The van der Waals surface area contributed by atoms with Crippen LogP contribution < -0.4 is 11.4 Å². The largest absolute Gasteiger partial charge is 0.336 e. The Morgan fingerprint density at radius 2 is 2.04 bits per heavy atom. The van der Waals surface area contributed by atoms with Gasteiger partial charge in [0.05, 0.1) is 5.69 Å². The number of nitrogen functional groups attached to an aromatic ring is 1. The van der Waals surface area contributed by atoms with Gasteiger partial charge in [-0.3, -0.25) is 9.20 Å². The molecule has 3 heterocycles. The molecule has 0 saturated carbocycles. The summed E-state index contributed by atoms with van der Waals surface area (Å²) in [5.41, 5.74) is 2.05. The first-order valence-electron chi connectivity index (χ1n) is 7.59. The number of fused-ring (bicyclic) bond motifs is 1. The minimum absolute atomic E-state index is 0.0936. The molecule has 0 bridgehead atoms. The second-order valence-corrected chi connectivity index (χ2v) is 7.63. The number of hydrogen-bond acceptors (Lipinski definition) is 6. The van der Waals surface area contributed by atoms with Crippen molar-refractivity contribution in [3.05, 3.63) is 51.8 Å². The lowest BCUT2D eigenvalue weighted by Crippen LogP contribution is -2.24. The predicted octanol–water partition coefficient (Wildman–Crippen LogP) is 1.90. The van der Waals surface area contributed by atoms with Crippen molar-refractivity contribution in [1.82, 2.24) is 24.3 Å².